The van der Waals surface area contributed by atoms with Crippen LogP contribution in [0.15, 0.2) is 60.7 Å². The number of ether oxygens (including phenoxy) is 1. The van der Waals surface area contributed by atoms with E-state index in [4.69, 9.17) is 4.74 Å². The molecule has 1 saturated heterocycles. The van der Waals surface area contributed by atoms with Gasteiger partial charge in [-0.15, -0.1) is 0 Å². The van der Waals surface area contributed by atoms with Gasteiger partial charge in [-0.25, -0.2) is 0 Å². The molecular formula is C24H26N2O3. The minimum Gasteiger partial charge on any atom is -0.369 e. The molecular weight excluding hydrogens is 364 g/mol. The third-order valence-corrected chi connectivity index (χ3v) is 5.62. The fraction of sp³-hybridized carbons (Fsp3) is 0.333. The quantitative estimate of drug-likeness (QED) is 0.806. The summed E-state index contributed by atoms with van der Waals surface area (Å²) in [7, 11) is 0. The predicted molar refractivity (Wildman–Crippen MR) is 112 cm³/mol. The second-order valence-corrected chi connectivity index (χ2v) is 7.67. The number of amides is 2. The zero-order valence-electron chi connectivity index (χ0n) is 16.7. The predicted octanol–water partition coefficient (Wildman–Crippen LogP) is 3.04. The average molecular weight is 390 g/mol. The van der Waals surface area contributed by atoms with E-state index in [1.54, 1.807) is 4.90 Å². The maximum absolute atomic E-state index is 13.2. The molecule has 4 rings (SSSR count). The van der Waals surface area contributed by atoms with Crippen LogP contribution in [0, 0.1) is 6.92 Å². The van der Waals surface area contributed by atoms with E-state index in [0.29, 0.717) is 19.6 Å². The van der Waals surface area contributed by atoms with E-state index < -0.39 is 6.04 Å². The van der Waals surface area contributed by atoms with Crippen molar-refractivity contribution in [2.75, 3.05) is 26.3 Å². The van der Waals surface area contributed by atoms with Crippen LogP contribution in [0.3, 0.4) is 0 Å². The number of rotatable bonds is 4. The minimum absolute atomic E-state index is 0.0338. The lowest BCUT2D eigenvalue weighted by atomic mass is 9.99. The van der Waals surface area contributed by atoms with Gasteiger partial charge in [-0.3, -0.25) is 9.59 Å². The van der Waals surface area contributed by atoms with Gasteiger partial charge in [-0.05, 0) is 30.0 Å². The molecule has 5 heteroatoms. The molecule has 0 aromatic heterocycles. The molecule has 1 atom stereocenters. The molecule has 2 aliphatic rings. The Hall–Kier alpha value is -2.92. The van der Waals surface area contributed by atoms with Crippen molar-refractivity contribution in [2.45, 2.75) is 25.9 Å². The molecule has 0 radical (unpaired) electrons. The molecule has 0 spiro atoms. The van der Waals surface area contributed by atoms with E-state index >= 15 is 0 Å². The van der Waals surface area contributed by atoms with Crippen LogP contribution in [-0.4, -0.2) is 54.0 Å². The van der Waals surface area contributed by atoms with Gasteiger partial charge < -0.3 is 14.5 Å². The first-order chi connectivity index (χ1) is 14.1. The number of carbonyl (C=O) groups excluding carboxylic acids is 2. The summed E-state index contributed by atoms with van der Waals surface area (Å²) in [5.41, 5.74) is 4.66. The number of hydrogen-bond donors (Lipinski definition) is 0. The molecule has 2 aromatic carbocycles. The molecule has 150 valence electrons. The van der Waals surface area contributed by atoms with Gasteiger partial charge in [0.25, 0.3) is 0 Å². The van der Waals surface area contributed by atoms with Crippen molar-refractivity contribution < 1.29 is 14.3 Å². The van der Waals surface area contributed by atoms with Crippen LogP contribution < -0.4 is 0 Å². The second-order valence-electron chi connectivity index (χ2n) is 7.67. The molecule has 0 aliphatic carbocycles. The Bertz CT molecular complexity index is 905. The smallest absolute Gasteiger partial charge is 0.249 e. The van der Waals surface area contributed by atoms with E-state index in [1.165, 1.54) is 16.7 Å². The lowest BCUT2D eigenvalue weighted by molar-refractivity contribution is -0.159. The standard InChI is InChI=1S/C24H26N2O3/c1-18-7-9-19(10-8-18)15-26-22(16-29-17-23(26)27)24(28)25-13-11-21(12-14-25)20-5-3-2-4-6-20/h2-11,22H,12-17H2,1H3/t22-/m0/s1. The highest BCUT2D eigenvalue weighted by Crippen LogP contribution is 2.24. The van der Waals surface area contributed by atoms with Crippen molar-refractivity contribution >= 4 is 17.4 Å². The third-order valence-electron chi connectivity index (χ3n) is 5.62. The largest absolute Gasteiger partial charge is 0.369 e. The fourth-order valence-corrected chi connectivity index (χ4v) is 3.89. The highest BCUT2D eigenvalue weighted by Gasteiger charge is 2.36. The maximum Gasteiger partial charge on any atom is 0.249 e. The lowest BCUT2D eigenvalue weighted by Crippen LogP contribution is -2.57. The van der Waals surface area contributed by atoms with Gasteiger partial charge in [0.05, 0.1) is 6.61 Å². The van der Waals surface area contributed by atoms with Crippen molar-refractivity contribution in [1.29, 1.82) is 0 Å². The summed E-state index contributed by atoms with van der Waals surface area (Å²) in [4.78, 5) is 29.2. The Labute approximate surface area is 171 Å². The summed E-state index contributed by atoms with van der Waals surface area (Å²) in [5, 5.41) is 0. The van der Waals surface area contributed by atoms with E-state index in [-0.39, 0.29) is 25.0 Å². The third kappa shape index (κ3) is 4.40. The maximum atomic E-state index is 13.2. The van der Waals surface area contributed by atoms with Gasteiger partial charge in [0.2, 0.25) is 11.8 Å². The van der Waals surface area contributed by atoms with Crippen LogP contribution in [0.4, 0.5) is 0 Å². The van der Waals surface area contributed by atoms with Crippen LogP contribution >= 0.6 is 0 Å². The van der Waals surface area contributed by atoms with Gasteiger partial charge >= 0.3 is 0 Å². The Morgan fingerprint density at radius 1 is 1.10 bits per heavy atom. The van der Waals surface area contributed by atoms with E-state index in [0.717, 1.165) is 12.0 Å². The first-order valence-electron chi connectivity index (χ1n) is 10.1. The van der Waals surface area contributed by atoms with Crippen LogP contribution in [0.1, 0.15) is 23.1 Å². The summed E-state index contributed by atoms with van der Waals surface area (Å²) in [6.07, 6.45) is 2.93. The van der Waals surface area contributed by atoms with Crippen LogP contribution in [-0.2, 0) is 20.9 Å². The molecule has 2 aliphatic heterocycles. The molecule has 2 heterocycles. The normalized spacial score (nSPS) is 19.8. The molecule has 29 heavy (non-hydrogen) atoms. The highest BCUT2D eigenvalue weighted by molar-refractivity contribution is 5.89. The van der Waals surface area contributed by atoms with Crippen molar-refractivity contribution in [1.82, 2.24) is 9.80 Å². The van der Waals surface area contributed by atoms with Crippen molar-refractivity contribution in [3.8, 4) is 0 Å². The van der Waals surface area contributed by atoms with Gasteiger partial charge in [-0.2, -0.15) is 0 Å². The minimum atomic E-state index is -0.566. The molecule has 1 fully saturated rings. The summed E-state index contributed by atoms with van der Waals surface area (Å²) >= 11 is 0. The van der Waals surface area contributed by atoms with Gasteiger partial charge in [0.1, 0.15) is 12.6 Å². The van der Waals surface area contributed by atoms with Gasteiger partial charge in [0, 0.05) is 19.6 Å². The van der Waals surface area contributed by atoms with E-state index in [1.807, 2.05) is 54.3 Å². The van der Waals surface area contributed by atoms with Crippen LogP contribution in [0.2, 0.25) is 0 Å². The van der Waals surface area contributed by atoms with Crippen molar-refractivity contribution in [2.24, 2.45) is 0 Å². The van der Waals surface area contributed by atoms with Gasteiger partial charge in [0.15, 0.2) is 0 Å². The molecule has 0 unspecified atom stereocenters. The number of morpholine rings is 1. The summed E-state index contributed by atoms with van der Waals surface area (Å²) in [6.45, 7) is 3.96. The van der Waals surface area contributed by atoms with Crippen molar-refractivity contribution in [3.63, 3.8) is 0 Å². The van der Waals surface area contributed by atoms with E-state index in [2.05, 4.69) is 18.2 Å². The Kier molecular flexibility index (Phi) is 5.76. The molecule has 2 aromatic rings. The molecule has 2 amide bonds. The SMILES string of the molecule is Cc1ccc(CN2C(=O)COC[C@H]2C(=O)N2CC=C(c3ccccc3)CC2)cc1. The lowest BCUT2D eigenvalue weighted by Gasteiger charge is -2.38. The van der Waals surface area contributed by atoms with E-state index in [9.17, 15) is 9.59 Å². The molecule has 5 nitrogen and oxygen atoms in total. The van der Waals surface area contributed by atoms with Gasteiger partial charge in [-0.1, -0.05) is 66.2 Å². The second kappa shape index (κ2) is 8.62. The molecule has 0 N–H and O–H groups in total. The van der Waals surface area contributed by atoms with Crippen molar-refractivity contribution in [3.05, 3.63) is 77.4 Å². The zero-order valence-corrected chi connectivity index (χ0v) is 16.7. The van der Waals surface area contributed by atoms with Crippen LogP contribution in [0.5, 0.6) is 0 Å². The Morgan fingerprint density at radius 3 is 2.55 bits per heavy atom. The fourth-order valence-electron chi connectivity index (χ4n) is 3.89. The number of carbonyl (C=O) groups is 2. The molecule has 0 saturated carbocycles. The van der Waals surface area contributed by atoms with Crippen LogP contribution in [0.25, 0.3) is 5.57 Å². The number of hydrogen-bond acceptors (Lipinski definition) is 3. The number of aryl methyl sites for hydroxylation is 1. The highest BCUT2D eigenvalue weighted by atomic mass is 16.5. The topological polar surface area (TPSA) is 49.9 Å². The Morgan fingerprint density at radius 2 is 1.86 bits per heavy atom. The number of benzene rings is 2. The first kappa shape index (κ1) is 19.4. The monoisotopic (exact) mass is 390 g/mol. The zero-order chi connectivity index (χ0) is 20.2. The summed E-state index contributed by atoms with van der Waals surface area (Å²) in [5.74, 6) is -0.166. The Balaban J connectivity index is 1.46. The molecule has 0 bridgehead atoms. The summed E-state index contributed by atoms with van der Waals surface area (Å²) < 4.78 is 5.43. The number of nitrogens with zero attached hydrogens (tertiary/aromatic N) is 2. The summed E-state index contributed by atoms with van der Waals surface area (Å²) in [6, 6.07) is 17.8. The first-order valence-corrected chi connectivity index (χ1v) is 10.1. The average Bonchev–Trinajstić information content (AvgIpc) is 2.77.